The molecular weight excluding hydrogens is 246 g/mol. The van der Waals surface area contributed by atoms with Crippen molar-refractivity contribution in [3.63, 3.8) is 0 Å². The highest BCUT2D eigenvalue weighted by molar-refractivity contribution is 7.88. The van der Waals surface area contributed by atoms with Gasteiger partial charge in [-0.25, -0.2) is 9.52 Å². The highest BCUT2D eigenvalue weighted by atomic mass is 32.2. The number of amides is 1. The molecular formula is C9H21N3O4S. The van der Waals surface area contributed by atoms with Crippen LogP contribution in [0.3, 0.4) is 0 Å². The fourth-order valence-corrected chi connectivity index (χ4v) is 2.25. The molecule has 0 fully saturated rings. The number of nitrogens with one attached hydrogen (secondary N) is 2. The lowest BCUT2D eigenvalue weighted by Gasteiger charge is -2.18. The van der Waals surface area contributed by atoms with Crippen LogP contribution in [0.1, 0.15) is 27.2 Å². The molecule has 17 heavy (non-hydrogen) atoms. The monoisotopic (exact) mass is 267 g/mol. The molecule has 102 valence electrons. The lowest BCUT2D eigenvalue weighted by atomic mass is 10.1. The molecule has 1 unspecified atom stereocenters. The minimum absolute atomic E-state index is 0.105. The van der Waals surface area contributed by atoms with Gasteiger partial charge in [0.25, 0.3) is 0 Å². The van der Waals surface area contributed by atoms with Crippen LogP contribution in [0.25, 0.3) is 0 Å². The Morgan fingerprint density at radius 2 is 2.00 bits per heavy atom. The number of rotatable bonds is 7. The Kier molecular flexibility index (Phi) is 7.09. The van der Waals surface area contributed by atoms with E-state index in [-0.39, 0.29) is 13.2 Å². The normalized spacial score (nSPS) is 13.5. The molecule has 7 nitrogen and oxygen atoms in total. The Labute approximate surface area is 102 Å². The lowest BCUT2D eigenvalue weighted by Crippen LogP contribution is -2.48. The van der Waals surface area contributed by atoms with Gasteiger partial charge < -0.3 is 10.5 Å². The van der Waals surface area contributed by atoms with Crippen LogP contribution in [0.2, 0.25) is 0 Å². The topological polar surface area (TPSA) is 111 Å². The molecule has 4 N–H and O–H groups in total. The van der Waals surface area contributed by atoms with Gasteiger partial charge in [0.2, 0.25) is 0 Å². The average molecular weight is 267 g/mol. The van der Waals surface area contributed by atoms with Gasteiger partial charge in [-0.15, -0.1) is 0 Å². The van der Waals surface area contributed by atoms with E-state index >= 15 is 0 Å². The Bertz CT molecular complexity index is 329. The molecule has 0 aromatic heterocycles. The summed E-state index contributed by atoms with van der Waals surface area (Å²) in [6, 6.07) is -0.401. The number of ether oxygens (including phenoxy) is 1. The van der Waals surface area contributed by atoms with Crippen molar-refractivity contribution in [3.8, 4) is 0 Å². The van der Waals surface area contributed by atoms with E-state index in [9.17, 15) is 13.2 Å². The van der Waals surface area contributed by atoms with Crippen molar-refractivity contribution in [1.82, 2.24) is 9.44 Å². The number of carbonyl (C=O) groups excluding carboxylic acids is 1. The summed E-state index contributed by atoms with van der Waals surface area (Å²) in [7, 11) is -3.91. The molecule has 0 rings (SSSR count). The predicted octanol–water partition coefficient (Wildman–Crippen LogP) is -0.0597. The molecule has 0 radical (unpaired) electrons. The Morgan fingerprint density at radius 3 is 2.41 bits per heavy atom. The first-order chi connectivity index (χ1) is 7.80. The minimum Gasteiger partial charge on any atom is -0.449 e. The molecule has 0 heterocycles. The zero-order chi connectivity index (χ0) is 13.5. The van der Waals surface area contributed by atoms with E-state index in [0.29, 0.717) is 12.3 Å². The lowest BCUT2D eigenvalue weighted by molar-refractivity contribution is 0.158. The van der Waals surface area contributed by atoms with Crippen LogP contribution in [-0.4, -0.2) is 33.7 Å². The Hall–Kier alpha value is -0.860. The summed E-state index contributed by atoms with van der Waals surface area (Å²) in [6.07, 6.45) is -0.402. The summed E-state index contributed by atoms with van der Waals surface area (Å²) in [4.78, 5) is 11.0. The molecule has 0 aliphatic carbocycles. The second kappa shape index (κ2) is 7.46. The minimum atomic E-state index is -3.91. The second-order valence-corrected chi connectivity index (χ2v) is 5.45. The van der Waals surface area contributed by atoms with Gasteiger partial charge >= 0.3 is 16.3 Å². The quantitative estimate of drug-likeness (QED) is 0.598. The maximum Gasteiger partial charge on any atom is 0.421 e. The predicted molar refractivity (Wildman–Crippen MR) is 64.5 cm³/mol. The zero-order valence-electron chi connectivity index (χ0n) is 10.4. The second-order valence-electron chi connectivity index (χ2n) is 4.01. The van der Waals surface area contributed by atoms with Gasteiger partial charge in [-0.05, 0) is 19.3 Å². The van der Waals surface area contributed by atoms with Gasteiger partial charge in [0.15, 0.2) is 0 Å². The van der Waals surface area contributed by atoms with E-state index in [1.165, 1.54) is 0 Å². The van der Waals surface area contributed by atoms with Crippen LogP contribution in [-0.2, 0) is 14.9 Å². The van der Waals surface area contributed by atoms with Gasteiger partial charge in [0, 0.05) is 12.6 Å². The molecule has 0 bridgehead atoms. The van der Waals surface area contributed by atoms with Crippen molar-refractivity contribution < 1.29 is 17.9 Å². The molecule has 0 aliphatic heterocycles. The SMILES string of the molecule is CCOC(=O)NS(=O)(=O)NC(CN)CC(C)C. The Balaban J connectivity index is 4.36. The van der Waals surface area contributed by atoms with Crippen molar-refractivity contribution in [3.05, 3.63) is 0 Å². The maximum atomic E-state index is 11.5. The number of hydrogen-bond acceptors (Lipinski definition) is 5. The van der Waals surface area contributed by atoms with Crippen LogP contribution in [0.4, 0.5) is 4.79 Å². The highest BCUT2D eigenvalue weighted by Crippen LogP contribution is 2.04. The maximum absolute atomic E-state index is 11.5. The van der Waals surface area contributed by atoms with Crippen molar-refractivity contribution >= 4 is 16.3 Å². The zero-order valence-corrected chi connectivity index (χ0v) is 11.2. The standard InChI is InChI=1S/C9H21N3O4S/c1-4-16-9(13)12-17(14,15)11-8(6-10)5-7(2)3/h7-8,11H,4-6,10H2,1-3H3,(H,12,13). The third-order valence-electron chi connectivity index (χ3n) is 1.86. The highest BCUT2D eigenvalue weighted by Gasteiger charge is 2.20. The third kappa shape index (κ3) is 7.94. The summed E-state index contributed by atoms with van der Waals surface area (Å²) in [5.74, 6) is 0.300. The van der Waals surface area contributed by atoms with Gasteiger partial charge in [0.1, 0.15) is 0 Å². The molecule has 0 aromatic rings. The number of nitrogens with two attached hydrogens (primary N) is 1. The molecule has 0 saturated heterocycles. The molecule has 1 atom stereocenters. The van der Waals surface area contributed by atoms with E-state index in [1.807, 2.05) is 13.8 Å². The van der Waals surface area contributed by atoms with Crippen LogP contribution in [0, 0.1) is 5.92 Å². The van der Waals surface area contributed by atoms with Crippen LogP contribution >= 0.6 is 0 Å². The van der Waals surface area contributed by atoms with Gasteiger partial charge in [0.05, 0.1) is 6.61 Å². The summed E-state index contributed by atoms with van der Waals surface area (Å²) in [5, 5.41) is 0. The number of carbonyl (C=O) groups is 1. The Morgan fingerprint density at radius 1 is 1.41 bits per heavy atom. The largest absolute Gasteiger partial charge is 0.449 e. The first kappa shape index (κ1) is 16.1. The van der Waals surface area contributed by atoms with E-state index in [1.54, 1.807) is 11.6 Å². The average Bonchev–Trinajstić information content (AvgIpc) is 2.14. The fraction of sp³-hybridized carbons (Fsp3) is 0.889. The first-order valence-electron chi connectivity index (χ1n) is 5.47. The molecule has 1 amide bonds. The first-order valence-corrected chi connectivity index (χ1v) is 6.96. The molecule has 0 aliphatic rings. The van der Waals surface area contributed by atoms with Gasteiger partial charge in [-0.3, -0.25) is 0 Å². The summed E-state index contributed by atoms with van der Waals surface area (Å²) in [6.45, 7) is 5.77. The van der Waals surface area contributed by atoms with Gasteiger partial charge in [-0.2, -0.15) is 13.1 Å². The van der Waals surface area contributed by atoms with Crippen LogP contribution in [0.15, 0.2) is 0 Å². The smallest absolute Gasteiger partial charge is 0.421 e. The number of hydrogen-bond donors (Lipinski definition) is 3. The summed E-state index contributed by atoms with van der Waals surface area (Å²) in [5.41, 5.74) is 5.45. The van der Waals surface area contributed by atoms with Gasteiger partial charge in [-0.1, -0.05) is 13.8 Å². The van der Waals surface area contributed by atoms with E-state index in [2.05, 4.69) is 9.46 Å². The molecule has 0 spiro atoms. The van der Waals surface area contributed by atoms with E-state index in [4.69, 9.17) is 5.73 Å². The van der Waals surface area contributed by atoms with E-state index < -0.39 is 22.3 Å². The molecule has 0 saturated carbocycles. The van der Waals surface area contributed by atoms with Crippen molar-refractivity contribution in [2.45, 2.75) is 33.2 Å². The van der Waals surface area contributed by atoms with Crippen LogP contribution < -0.4 is 15.2 Å². The fourth-order valence-electron chi connectivity index (χ4n) is 1.28. The van der Waals surface area contributed by atoms with Crippen molar-refractivity contribution in [2.75, 3.05) is 13.2 Å². The summed E-state index contributed by atoms with van der Waals surface area (Å²) >= 11 is 0. The molecule has 0 aromatic carbocycles. The van der Waals surface area contributed by atoms with Crippen molar-refractivity contribution in [2.24, 2.45) is 11.7 Å². The van der Waals surface area contributed by atoms with Crippen molar-refractivity contribution in [1.29, 1.82) is 0 Å². The third-order valence-corrected chi connectivity index (χ3v) is 2.93. The van der Waals surface area contributed by atoms with E-state index in [0.717, 1.165) is 0 Å². The molecule has 8 heteroatoms. The van der Waals surface area contributed by atoms with Crippen LogP contribution in [0.5, 0.6) is 0 Å². The summed E-state index contributed by atoms with van der Waals surface area (Å²) < 4.78 is 31.5.